The van der Waals surface area contributed by atoms with E-state index in [-0.39, 0.29) is 6.10 Å². The Balaban J connectivity index is 1.54. The van der Waals surface area contributed by atoms with Crippen molar-refractivity contribution in [3.63, 3.8) is 0 Å². The first kappa shape index (κ1) is 13.5. The van der Waals surface area contributed by atoms with Gasteiger partial charge in [0.2, 0.25) is 0 Å². The van der Waals surface area contributed by atoms with Crippen LogP contribution in [0, 0.1) is 0 Å². The van der Waals surface area contributed by atoms with Crippen LogP contribution in [0.5, 0.6) is 0 Å². The minimum absolute atomic E-state index is 0.191. The fourth-order valence-electron chi connectivity index (χ4n) is 2.19. The summed E-state index contributed by atoms with van der Waals surface area (Å²) in [5.41, 5.74) is 1.40. The van der Waals surface area contributed by atoms with Gasteiger partial charge in [-0.3, -0.25) is 0 Å². The number of hydrogen-bond acceptors (Lipinski definition) is 3. The summed E-state index contributed by atoms with van der Waals surface area (Å²) in [4.78, 5) is 0. The van der Waals surface area contributed by atoms with Gasteiger partial charge in [0.1, 0.15) is 0 Å². The Bertz CT molecular complexity index is 351. The number of benzene rings is 1. The first-order valence-corrected chi connectivity index (χ1v) is 6.72. The van der Waals surface area contributed by atoms with Crippen molar-refractivity contribution in [3.05, 3.63) is 35.9 Å². The van der Waals surface area contributed by atoms with E-state index in [1.165, 1.54) is 5.56 Å². The Hall–Kier alpha value is -0.900. The lowest BCUT2D eigenvalue weighted by molar-refractivity contribution is -0.137. The van der Waals surface area contributed by atoms with Crippen molar-refractivity contribution < 1.29 is 9.47 Å². The summed E-state index contributed by atoms with van der Waals surface area (Å²) in [6.45, 7) is 6.51. The third-order valence-corrected chi connectivity index (χ3v) is 3.10. The van der Waals surface area contributed by atoms with Gasteiger partial charge in [-0.05, 0) is 38.8 Å². The molecule has 1 N–H and O–H groups in total. The zero-order valence-electron chi connectivity index (χ0n) is 11.3. The largest absolute Gasteiger partial charge is 0.348 e. The molecule has 1 aliphatic rings. The Morgan fingerprint density at radius 3 is 2.72 bits per heavy atom. The molecule has 0 spiro atoms. The molecule has 0 radical (unpaired) electrons. The first-order valence-electron chi connectivity index (χ1n) is 6.72. The number of aryl methyl sites for hydroxylation is 1. The summed E-state index contributed by atoms with van der Waals surface area (Å²) in [7, 11) is 0. The maximum Gasteiger partial charge on any atom is 0.163 e. The fraction of sp³-hybridized carbons (Fsp3) is 0.600. The summed E-state index contributed by atoms with van der Waals surface area (Å²) in [6, 6.07) is 10.6. The second kappa shape index (κ2) is 6.32. The van der Waals surface area contributed by atoms with Gasteiger partial charge in [0.05, 0.1) is 12.7 Å². The van der Waals surface area contributed by atoms with Crippen molar-refractivity contribution in [2.75, 3.05) is 19.7 Å². The first-order chi connectivity index (χ1) is 8.66. The molecule has 0 aliphatic carbocycles. The fourth-order valence-corrected chi connectivity index (χ4v) is 2.19. The highest BCUT2D eigenvalue weighted by atomic mass is 16.7. The normalized spacial score (nSPS) is 22.2. The molecule has 1 saturated heterocycles. The van der Waals surface area contributed by atoms with Crippen LogP contribution in [0.4, 0.5) is 0 Å². The molecule has 100 valence electrons. The van der Waals surface area contributed by atoms with Crippen LogP contribution in [0.3, 0.4) is 0 Å². The van der Waals surface area contributed by atoms with Crippen molar-refractivity contribution in [3.8, 4) is 0 Å². The van der Waals surface area contributed by atoms with Crippen LogP contribution in [0.1, 0.15) is 25.8 Å². The molecule has 1 unspecified atom stereocenters. The van der Waals surface area contributed by atoms with Gasteiger partial charge in [-0.2, -0.15) is 0 Å². The Kier molecular flexibility index (Phi) is 4.75. The molecule has 1 fully saturated rings. The molecule has 2 rings (SSSR count). The SMILES string of the molecule is CC1(C)OCC(CNCCCc2ccccc2)O1. The molecule has 1 atom stereocenters. The van der Waals surface area contributed by atoms with Crippen LogP contribution in [-0.4, -0.2) is 31.6 Å². The van der Waals surface area contributed by atoms with Crippen molar-refractivity contribution in [1.29, 1.82) is 0 Å². The van der Waals surface area contributed by atoms with Gasteiger partial charge in [-0.25, -0.2) is 0 Å². The van der Waals surface area contributed by atoms with Crippen molar-refractivity contribution in [2.24, 2.45) is 0 Å². The summed E-state index contributed by atoms with van der Waals surface area (Å²) in [5, 5.41) is 3.43. The third-order valence-electron chi connectivity index (χ3n) is 3.10. The van der Waals surface area contributed by atoms with Gasteiger partial charge in [0, 0.05) is 6.54 Å². The summed E-state index contributed by atoms with van der Waals surface area (Å²) < 4.78 is 11.2. The number of rotatable bonds is 6. The molecule has 1 aromatic carbocycles. The highest BCUT2D eigenvalue weighted by Gasteiger charge is 2.31. The van der Waals surface area contributed by atoms with Gasteiger partial charge < -0.3 is 14.8 Å². The van der Waals surface area contributed by atoms with Gasteiger partial charge in [-0.1, -0.05) is 30.3 Å². The average molecular weight is 249 g/mol. The topological polar surface area (TPSA) is 30.5 Å². The van der Waals surface area contributed by atoms with E-state index in [9.17, 15) is 0 Å². The highest BCUT2D eigenvalue weighted by Crippen LogP contribution is 2.21. The highest BCUT2D eigenvalue weighted by molar-refractivity contribution is 5.14. The smallest absolute Gasteiger partial charge is 0.163 e. The Labute approximate surface area is 109 Å². The minimum Gasteiger partial charge on any atom is -0.348 e. The molecule has 0 aromatic heterocycles. The van der Waals surface area contributed by atoms with Crippen LogP contribution < -0.4 is 5.32 Å². The van der Waals surface area contributed by atoms with Crippen molar-refractivity contribution in [1.82, 2.24) is 5.32 Å². The molecule has 0 saturated carbocycles. The van der Waals surface area contributed by atoms with Crippen LogP contribution in [-0.2, 0) is 15.9 Å². The van der Waals surface area contributed by atoms with E-state index < -0.39 is 5.79 Å². The van der Waals surface area contributed by atoms with Crippen LogP contribution >= 0.6 is 0 Å². The third kappa shape index (κ3) is 4.41. The molecule has 1 heterocycles. The molecule has 0 amide bonds. The molecule has 3 heteroatoms. The van der Waals surface area contributed by atoms with Crippen LogP contribution in [0.2, 0.25) is 0 Å². The predicted molar refractivity (Wildman–Crippen MR) is 72.5 cm³/mol. The van der Waals surface area contributed by atoms with Gasteiger partial charge >= 0.3 is 0 Å². The molecule has 0 bridgehead atoms. The van der Waals surface area contributed by atoms with E-state index in [1.807, 2.05) is 13.8 Å². The molecule has 1 aromatic rings. The van der Waals surface area contributed by atoms with E-state index in [1.54, 1.807) is 0 Å². The Morgan fingerprint density at radius 2 is 2.06 bits per heavy atom. The summed E-state index contributed by atoms with van der Waals surface area (Å²) in [5.74, 6) is -0.406. The lowest BCUT2D eigenvalue weighted by Crippen LogP contribution is -2.31. The zero-order chi connectivity index (χ0) is 12.8. The molecule has 3 nitrogen and oxygen atoms in total. The van der Waals surface area contributed by atoms with Crippen molar-refractivity contribution >= 4 is 0 Å². The standard InChI is InChI=1S/C15H23NO2/c1-15(2)17-12-14(18-15)11-16-10-6-9-13-7-4-3-5-8-13/h3-5,7-8,14,16H,6,9-12H2,1-2H3. The number of nitrogens with one attached hydrogen (secondary N) is 1. The van der Waals surface area contributed by atoms with E-state index in [2.05, 4.69) is 35.6 Å². The molecular formula is C15H23NO2. The Morgan fingerprint density at radius 1 is 1.28 bits per heavy atom. The van der Waals surface area contributed by atoms with Crippen molar-refractivity contribution in [2.45, 2.75) is 38.6 Å². The van der Waals surface area contributed by atoms with Gasteiger partial charge in [0.15, 0.2) is 5.79 Å². The summed E-state index contributed by atoms with van der Waals surface area (Å²) >= 11 is 0. The lowest BCUT2D eigenvalue weighted by Gasteiger charge is -2.17. The molecular weight excluding hydrogens is 226 g/mol. The van der Waals surface area contributed by atoms with Gasteiger partial charge in [-0.15, -0.1) is 0 Å². The quantitative estimate of drug-likeness (QED) is 0.785. The number of ether oxygens (including phenoxy) is 2. The number of hydrogen-bond donors (Lipinski definition) is 1. The second-order valence-corrected chi connectivity index (χ2v) is 5.24. The van der Waals surface area contributed by atoms with Crippen LogP contribution in [0.15, 0.2) is 30.3 Å². The second-order valence-electron chi connectivity index (χ2n) is 5.24. The van der Waals surface area contributed by atoms with Gasteiger partial charge in [0.25, 0.3) is 0 Å². The van der Waals surface area contributed by atoms with E-state index in [0.29, 0.717) is 6.61 Å². The monoisotopic (exact) mass is 249 g/mol. The van der Waals surface area contributed by atoms with Crippen LogP contribution in [0.25, 0.3) is 0 Å². The maximum atomic E-state index is 5.73. The average Bonchev–Trinajstić information content (AvgIpc) is 2.70. The lowest BCUT2D eigenvalue weighted by atomic mass is 10.1. The zero-order valence-corrected chi connectivity index (χ0v) is 11.3. The van der Waals surface area contributed by atoms with E-state index in [4.69, 9.17) is 9.47 Å². The summed E-state index contributed by atoms with van der Waals surface area (Å²) in [6.07, 6.45) is 2.47. The maximum absolute atomic E-state index is 5.73. The predicted octanol–water partition coefficient (Wildman–Crippen LogP) is 2.36. The van der Waals surface area contributed by atoms with E-state index >= 15 is 0 Å². The molecule has 18 heavy (non-hydrogen) atoms. The minimum atomic E-state index is -0.406. The van der Waals surface area contributed by atoms with E-state index in [0.717, 1.165) is 25.9 Å². The molecule has 1 aliphatic heterocycles.